The van der Waals surface area contributed by atoms with Crippen molar-refractivity contribution in [3.63, 3.8) is 0 Å². The highest BCUT2D eigenvalue weighted by Crippen LogP contribution is 2.14. The Morgan fingerprint density at radius 3 is 2.73 bits per heavy atom. The molecule has 0 spiro atoms. The fourth-order valence-electron chi connectivity index (χ4n) is 1.37. The topological polar surface area (TPSA) is 38.8 Å². The summed E-state index contributed by atoms with van der Waals surface area (Å²) in [6.07, 6.45) is 1.75. The normalized spacial score (nSPS) is 16.5. The van der Waals surface area contributed by atoms with Crippen molar-refractivity contribution in [2.45, 2.75) is 26.4 Å². The zero-order valence-electron chi connectivity index (χ0n) is 9.87. The number of hydrogen-bond acceptors (Lipinski definition) is 3. The van der Waals surface area contributed by atoms with E-state index in [0.29, 0.717) is 19.7 Å². The summed E-state index contributed by atoms with van der Waals surface area (Å²) in [6.45, 7) is 7.41. The average molecular weight is 213 g/mol. The average Bonchev–Trinajstić information content (AvgIpc) is 2.50. The number of rotatable bonds is 2. The number of methoxy groups -OCH3 is 1. The van der Waals surface area contributed by atoms with Gasteiger partial charge in [0.1, 0.15) is 5.60 Å². The highest BCUT2D eigenvalue weighted by atomic mass is 16.6. The molecule has 0 aromatic carbocycles. The fraction of sp³-hybridized carbons (Fsp3) is 0.727. The zero-order valence-corrected chi connectivity index (χ0v) is 9.87. The molecule has 1 rings (SSSR count). The molecule has 4 heteroatoms. The molecule has 0 bridgehead atoms. The molecule has 0 unspecified atom stereocenters. The van der Waals surface area contributed by atoms with Crippen LogP contribution in [-0.4, -0.2) is 43.4 Å². The van der Waals surface area contributed by atoms with Crippen molar-refractivity contribution in [1.82, 2.24) is 4.90 Å². The summed E-state index contributed by atoms with van der Waals surface area (Å²) >= 11 is 0. The van der Waals surface area contributed by atoms with E-state index in [9.17, 15) is 4.79 Å². The van der Waals surface area contributed by atoms with Gasteiger partial charge < -0.3 is 14.4 Å². The third-order valence-electron chi connectivity index (χ3n) is 1.98. The molecule has 1 amide bonds. The van der Waals surface area contributed by atoms with Crippen LogP contribution in [0.3, 0.4) is 0 Å². The Labute approximate surface area is 90.8 Å². The van der Waals surface area contributed by atoms with Crippen LogP contribution in [0.1, 0.15) is 20.8 Å². The van der Waals surface area contributed by atoms with E-state index >= 15 is 0 Å². The van der Waals surface area contributed by atoms with Crippen LogP contribution in [0, 0.1) is 0 Å². The standard InChI is InChI=1S/C11H19NO3/c1-11(2,3)15-10(13)12-6-5-9(7-12)8-14-4/h5H,6-8H2,1-4H3. The monoisotopic (exact) mass is 213 g/mol. The Morgan fingerprint density at radius 1 is 1.53 bits per heavy atom. The Morgan fingerprint density at radius 2 is 2.20 bits per heavy atom. The van der Waals surface area contributed by atoms with Gasteiger partial charge in [-0.15, -0.1) is 0 Å². The van der Waals surface area contributed by atoms with Crippen molar-refractivity contribution in [1.29, 1.82) is 0 Å². The Bertz CT molecular complexity index is 265. The van der Waals surface area contributed by atoms with E-state index in [1.165, 1.54) is 0 Å². The van der Waals surface area contributed by atoms with E-state index in [1.807, 2.05) is 26.8 Å². The highest BCUT2D eigenvalue weighted by Gasteiger charge is 2.24. The molecule has 0 N–H and O–H groups in total. The summed E-state index contributed by atoms with van der Waals surface area (Å²) < 4.78 is 10.3. The van der Waals surface area contributed by atoms with Gasteiger partial charge in [-0.2, -0.15) is 0 Å². The van der Waals surface area contributed by atoms with Gasteiger partial charge in [0.05, 0.1) is 6.61 Å². The van der Waals surface area contributed by atoms with Crippen molar-refractivity contribution in [3.8, 4) is 0 Å². The lowest BCUT2D eigenvalue weighted by molar-refractivity contribution is 0.0298. The van der Waals surface area contributed by atoms with Crippen LogP contribution in [-0.2, 0) is 9.47 Å². The van der Waals surface area contributed by atoms with Crippen LogP contribution in [0.5, 0.6) is 0 Å². The Balaban J connectivity index is 2.40. The lowest BCUT2D eigenvalue weighted by Crippen LogP contribution is -2.35. The van der Waals surface area contributed by atoms with E-state index in [2.05, 4.69) is 0 Å². The van der Waals surface area contributed by atoms with E-state index in [-0.39, 0.29) is 6.09 Å². The second-order valence-corrected chi connectivity index (χ2v) is 4.66. The molecule has 0 atom stereocenters. The SMILES string of the molecule is COCC1=CCN(C(=O)OC(C)(C)C)C1. The predicted molar refractivity (Wildman–Crippen MR) is 57.8 cm³/mol. The third kappa shape index (κ3) is 3.91. The molecule has 0 radical (unpaired) electrons. The van der Waals surface area contributed by atoms with E-state index in [4.69, 9.17) is 9.47 Å². The van der Waals surface area contributed by atoms with Crippen LogP contribution in [0.25, 0.3) is 0 Å². The summed E-state index contributed by atoms with van der Waals surface area (Å²) in [5.74, 6) is 0. The summed E-state index contributed by atoms with van der Waals surface area (Å²) in [6, 6.07) is 0. The van der Waals surface area contributed by atoms with Crippen LogP contribution in [0.2, 0.25) is 0 Å². The molecular formula is C11H19NO3. The van der Waals surface area contributed by atoms with Crippen molar-refractivity contribution >= 4 is 6.09 Å². The maximum absolute atomic E-state index is 11.6. The number of ether oxygens (including phenoxy) is 2. The molecule has 0 aromatic rings. The Kier molecular flexibility index (Phi) is 3.74. The first-order valence-electron chi connectivity index (χ1n) is 5.07. The molecular weight excluding hydrogens is 194 g/mol. The van der Waals surface area contributed by atoms with Crippen LogP contribution < -0.4 is 0 Å². The van der Waals surface area contributed by atoms with Crippen LogP contribution in [0.4, 0.5) is 4.79 Å². The third-order valence-corrected chi connectivity index (χ3v) is 1.98. The number of hydrogen-bond donors (Lipinski definition) is 0. The molecule has 4 nitrogen and oxygen atoms in total. The van der Waals surface area contributed by atoms with Crippen molar-refractivity contribution in [2.24, 2.45) is 0 Å². The van der Waals surface area contributed by atoms with Gasteiger partial charge in [0.15, 0.2) is 0 Å². The van der Waals surface area contributed by atoms with Gasteiger partial charge >= 0.3 is 6.09 Å². The van der Waals surface area contributed by atoms with Gasteiger partial charge in [-0.1, -0.05) is 6.08 Å². The second-order valence-electron chi connectivity index (χ2n) is 4.66. The maximum atomic E-state index is 11.6. The lowest BCUT2D eigenvalue weighted by atomic mass is 10.2. The predicted octanol–water partition coefficient (Wildman–Crippen LogP) is 1.81. The maximum Gasteiger partial charge on any atom is 0.410 e. The quantitative estimate of drug-likeness (QED) is 0.657. The molecule has 0 aliphatic carbocycles. The minimum absolute atomic E-state index is 0.259. The van der Waals surface area contributed by atoms with Crippen LogP contribution in [0.15, 0.2) is 11.6 Å². The molecule has 1 heterocycles. The molecule has 0 aromatic heterocycles. The number of carbonyl (C=O) groups excluding carboxylic acids is 1. The molecule has 1 aliphatic rings. The molecule has 0 fully saturated rings. The van der Waals surface area contributed by atoms with Gasteiger partial charge in [0, 0.05) is 20.2 Å². The molecule has 15 heavy (non-hydrogen) atoms. The van der Waals surface area contributed by atoms with Gasteiger partial charge in [0.2, 0.25) is 0 Å². The first kappa shape index (κ1) is 12.0. The first-order chi connectivity index (χ1) is 6.92. The lowest BCUT2D eigenvalue weighted by Gasteiger charge is -2.24. The second kappa shape index (κ2) is 4.66. The highest BCUT2D eigenvalue weighted by molar-refractivity contribution is 5.69. The smallest absolute Gasteiger partial charge is 0.410 e. The summed E-state index contributed by atoms with van der Waals surface area (Å²) in [7, 11) is 1.65. The minimum atomic E-state index is -0.429. The molecule has 0 saturated heterocycles. The summed E-state index contributed by atoms with van der Waals surface area (Å²) in [5.41, 5.74) is 0.699. The molecule has 0 saturated carbocycles. The van der Waals surface area contributed by atoms with Gasteiger partial charge in [0.25, 0.3) is 0 Å². The largest absolute Gasteiger partial charge is 0.444 e. The van der Waals surface area contributed by atoms with Crippen LogP contribution >= 0.6 is 0 Å². The fourth-order valence-corrected chi connectivity index (χ4v) is 1.37. The van der Waals surface area contributed by atoms with Crippen molar-refractivity contribution < 1.29 is 14.3 Å². The number of nitrogens with zero attached hydrogens (tertiary/aromatic N) is 1. The summed E-state index contributed by atoms with van der Waals surface area (Å²) in [5, 5.41) is 0. The van der Waals surface area contributed by atoms with E-state index in [1.54, 1.807) is 12.0 Å². The van der Waals surface area contributed by atoms with E-state index < -0.39 is 5.60 Å². The summed E-state index contributed by atoms with van der Waals surface area (Å²) in [4.78, 5) is 13.3. The Hall–Kier alpha value is -1.03. The first-order valence-corrected chi connectivity index (χ1v) is 5.07. The zero-order chi connectivity index (χ0) is 11.5. The number of amides is 1. The molecule has 86 valence electrons. The van der Waals surface area contributed by atoms with Crippen molar-refractivity contribution in [2.75, 3.05) is 26.8 Å². The van der Waals surface area contributed by atoms with Gasteiger partial charge in [-0.05, 0) is 26.3 Å². The minimum Gasteiger partial charge on any atom is -0.444 e. The van der Waals surface area contributed by atoms with Crippen molar-refractivity contribution in [3.05, 3.63) is 11.6 Å². The van der Waals surface area contributed by atoms with Gasteiger partial charge in [-0.25, -0.2) is 4.79 Å². The van der Waals surface area contributed by atoms with E-state index in [0.717, 1.165) is 5.57 Å². The molecule has 1 aliphatic heterocycles. The number of carbonyl (C=O) groups is 1. The van der Waals surface area contributed by atoms with Gasteiger partial charge in [-0.3, -0.25) is 0 Å².